The Hall–Kier alpha value is -3.27. The van der Waals surface area contributed by atoms with Crippen LogP contribution in [0.5, 0.6) is 0 Å². The number of nitriles is 1. The zero-order chi connectivity index (χ0) is 21.4. The third kappa shape index (κ3) is 6.11. The molecule has 7 heteroatoms. The maximum absolute atomic E-state index is 14.3. The number of nitrogens with one attached hydrogen (secondary N) is 1. The van der Waals surface area contributed by atoms with Crippen molar-refractivity contribution >= 4 is 17.4 Å². The molecule has 0 radical (unpaired) electrons. The van der Waals surface area contributed by atoms with Gasteiger partial charge in [-0.1, -0.05) is 13.8 Å². The Kier molecular flexibility index (Phi) is 7.84. The van der Waals surface area contributed by atoms with E-state index in [0.717, 1.165) is 12.8 Å². The molecule has 0 spiro atoms. The molecular weight excluding hydrogens is 369 g/mol. The van der Waals surface area contributed by atoms with Crippen LogP contribution in [0.3, 0.4) is 0 Å². The maximum Gasteiger partial charge on any atom is 0.274 e. The zero-order valence-electron chi connectivity index (χ0n) is 16.9. The average Bonchev–Trinajstić information content (AvgIpc) is 2.73. The van der Waals surface area contributed by atoms with E-state index < -0.39 is 5.91 Å². The monoisotopic (exact) mass is 395 g/mol. The Bertz CT molecular complexity index is 918. The Morgan fingerprint density at radius 3 is 2.72 bits per heavy atom. The summed E-state index contributed by atoms with van der Waals surface area (Å²) < 4.78 is 14.3. The highest BCUT2D eigenvalue weighted by Crippen LogP contribution is 2.23. The van der Waals surface area contributed by atoms with Crippen LogP contribution in [-0.2, 0) is 6.42 Å². The number of amidine groups is 1. The van der Waals surface area contributed by atoms with Gasteiger partial charge in [0.15, 0.2) is 0 Å². The second-order valence-corrected chi connectivity index (χ2v) is 7.10. The maximum atomic E-state index is 14.3. The van der Waals surface area contributed by atoms with E-state index in [-0.39, 0.29) is 23.3 Å². The molecule has 3 N–H and O–H groups in total. The van der Waals surface area contributed by atoms with Crippen molar-refractivity contribution in [3.63, 3.8) is 0 Å². The Labute approximate surface area is 170 Å². The van der Waals surface area contributed by atoms with Crippen molar-refractivity contribution in [1.29, 1.82) is 5.26 Å². The molecule has 1 aromatic heterocycles. The summed E-state index contributed by atoms with van der Waals surface area (Å²) in [5.41, 5.74) is 7.54. The Morgan fingerprint density at radius 2 is 2.14 bits per heavy atom. The van der Waals surface area contributed by atoms with E-state index in [0.29, 0.717) is 29.1 Å². The summed E-state index contributed by atoms with van der Waals surface area (Å²) >= 11 is 0. The quantitative estimate of drug-likeness (QED) is 0.522. The minimum Gasteiger partial charge on any atom is -0.387 e. The minimum atomic E-state index is -0.418. The van der Waals surface area contributed by atoms with Crippen LogP contribution in [0.25, 0.3) is 0 Å². The van der Waals surface area contributed by atoms with Gasteiger partial charge in [-0.25, -0.2) is 9.37 Å². The number of aromatic nitrogens is 1. The number of nitrogens with zero attached hydrogens (tertiary/aromatic N) is 3. The highest BCUT2D eigenvalue weighted by atomic mass is 19.1. The number of aliphatic imine (C=N–C) groups is 1. The molecular formula is C22H26FN5O. The van der Waals surface area contributed by atoms with Crippen molar-refractivity contribution in [3.8, 4) is 6.07 Å². The summed E-state index contributed by atoms with van der Waals surface area (Å²) in [6, 6.07) is 9.46. The van der Waals surface area contributed by atoms with E-state index in [9.17, 15) is 9.18 Å². The lowest BCUT2D eigenvalue weighted by molar-refractivity contribution is 0.102. The van der Waals surface area contributed by atoms with Gasteiger partial charge in [-0.05, 0) is 61.1 Å². The number of carbonyl (C=O) groups is 1. The van der Waals surface area contributed by atoms with E-state index in [1.807, 2.05) is 6.07 Å². The number of hydrogen-bond donors (Lipinski definition) is 2. The first-order valence-corrected chi connectivity index (χ1v) is 9.56. The molecule has 0 fully saturated rings. The van der Waals surface area contributed by atoms with E-state index in [1.165, 1.54) is 30.5 Å². The van der Waals surface area contributed by atoms with E-state index in [4.69, 9.17) is 11.0 Å². The first kappa shape index (κ1) is 22.0. The molecule has 1 amide bonds. The van der Waals surface area contributed by atoms with E-state index in [1.54, 1.807) is 13.1 Å². The normalized spacial score (nSPS) is 13.4. The van der Waals surface area contributed by atoms with E-state index in [2.05, 4.69) is 29.1 Å². The Balaban J connectivity index is 2.08. The summed E-state index contributed by atoms with van der Waals surface area (Å²) in [6.07, 6.45) is 3.55. The molecule has 1 heterocycles. The third-order valence-corrected chi connectivity index (χ3v) is 4.85. The van der Waals surface area contributed by atoms with Gasteiger partial charge in [0, 0.05) is 24.8 Å². The molecule has 0 aliphatic rings. The van der Waals surface area contributed by atoms with Crippen LogP contribution in [0.4, 0.5) is 10.1 Å². The minimum absolute atomic E-state index is 0.170. The smallest absolute Gasteiger partial charge is 0.274 e. The van der Waals surface area contributed by atoms with Crippen molar-refractivity contribution in [2.75, 3.05) is 12.4 Å². The van der Waals surface area contributed by atoms with Crippen LogP contribution in [0.2, 0.25) is 0 Å². The number of nitrogens with two attached hydrogens (primary N) is 1. The lowest BCUT2D eigenvalue weighted by atomic mass is 9.88. The molecule has 2 atom stereocenters. The van der Waals surface area contributed by atoms with E-state index >= 15 is 0 Å². The van der Waals surface area contributed by atoms with Gasteiger partial charge in [0.2, 0.25) is 0 Å². The van der Waals surface area contributed by atoms with Gasteiger partial charge < -0.3 is 11.1 Å². The highest BCUT2D eigenvalue weighted by molar-refractivity contribution is 6.02. The first-order chi connectivity index (χ1) is 13.9. The van der Waals surface area contributed by atoms with Gasteiger partial charge in [0.05, 0.1) is 11.4 Å². The summed E-state index contributed by atoms with van der Waals surface area (Å²) in [5, 5.41) is 11.5. The van der Waals surface area contributed by atoms with Crippen LogP contribution in [-0.4, -0.2) is 23.8 Å². The fraction of sp³-hybridized carbons (Fsp3) is 0.364. The van der Waals surface area contributed by atoms with Crippen molar-refractivity contribution in [2.24, 2.45) is 22.6 Å². The van der Waals surface area contributed by atoms with Gasteiger partial charge in [-0.3, -0.25) is 9.79 Å². The third-order valence-electron chi connectivity index (χ3n) is 4.85. The molecule has 152 valence electrons. The molecule has 1 aromatic carbocycles. The molecule has 6 nitrogen and oxygen atoms in total. The fourth-order valence-corrected chi connectivity index (χ4v) is 3.22. The van der Waals surface area contributed by atoms with Gasteiger partial charge in [-0.15, -0.1) is 0 Å². The highest BCUT2D eigenvalue weighted by Gasteiger charge is 2.17. The second kappa shape index (κ2) is 10.3. The molecule has 0 aliphatic carbocycles. The predicted octanol–water partition coefficient (Wildman–Crippen LogP) is 3.93. The molecule has 1 unspecified atom stereocenters. The van der Waals surface area contributed by atoms with Gasteiger partial charge in [0.25, 0.3) is 5.91 Å². The fourth-order valence-electron chi connectivity index (χ4n) is 3.22. The largest absolute Gasteiger partial charge is 0.387 e. The lowest BCUT2D eigenvalue weighted by Crippen LogP contribution is -2.25. The van der Waals surface area contributed by atoms with Crippen molar-refractivity contribution < 1.29 is 9.18 Å². The van der Waals surface area contributed by atoms with Crippen molar-refractivity contribution in [3.05, 3.63) is 59.2 Å². The van der Waals surface area contributed by atoms with Gasteiger partial charge in [0.1, 0.15) is 17.6 Å². The van der Waals surface area contributed by atoms with Crippen LogP contribution in [0.1, 0.15) is 48.3 Å². The van der Waals surface area contributed by atoms with Gasteiger partial charge in [-0.2, -0.15) is 5.26 Å². The predicted molar refractivity (Wildman–Crippen MR) is 112 cm³/mol. The zero-order valence-corrected chi connectivity index (χ0v) is 16.9. The number of halogens is 1. The summed E-state index contributed by atoms with van der Waals surface area (Å²) in [6.45, 7) is 4.11. The summed E-state index contributed by atoms with van der Waals surface area (Å²) in [7, 11) is 1.68. The van der Waals surface area contributed by atoms with Crippen molar-refractivity contribution in [2.45, 2.75) is 33.1 Å². The molecule has 0 saturated heterocycles. The SMILES string of the molecule is CCC(C[C@H](C)Cc1cc(NC(=O)c2ccc(C#N)cn2)ccc1F)C(N)=NC. The molecule has 2 rings (SSSR count). The number of rotatable bonds is 8. The number of anilines is 1. The first-order valence-electron chi connectivity index (χ1n) is 9.56. The molecule has 0 aliphatic heterocycles. The Morgan fingerprint density at radius 1 is 1.38 bits per heavy atom. The molecule has 0 saturated carbocycles. The van der Waals surface area contributed by atoms with Crippen LogP contribution in [0, 0.1) is 29.0 Å². The molecule has 2 aromatic rings. The second-order valence-electron chi connectivity index (χ2n) is 7.10. The molecule has 0 bridgehead atoms. The van der Waals surface area contributed by atoms with Crippen LogP contribution in [0.15, 0.2) is 41.5 Å². The standard InChI is InChI=1S/C22H26FN5O/c1-4-16(21(25)26-3)9-14(2)10-17-11-18(6-7-19(17)23)28-22(29)20-8-5-15(12-24)13-27-20/h5-8,11,13-14,16H,4,9-10H2,1-3H3,(H2,25,26)(H,28,29)/t14-,16?/m0/s1. The molecule has 29 heavy (non-hydrogen) atoms. The number of carbonyl (C=O) groups excluding carboxylic acids is 1. The number of hydrogen-bond acceptors (Lipinski definition) is 4. The van der Waals surface area contributed by atoms with Crippen molar-refractivity contribution in [1.82, 2.24) is 4.98 Å². The number of pyridine rings is 1. The number of amides is 1. The number of benzene rings is 1. The average molecular weight is 395 g/mol. The summed E-state index contributed by atoms with van der Waals surface area (Å²) in [5.74, 6) is 0.259. The van der Waals surface area contributed by atoms with Gasteiger partial charge >= 0.3 is 0 Å². The summed E-state index contributed by atoms with van der Waals surface area (Å²) in [4.78, 5) is 20.4. The van der Waals surface area contributed by atoms with Crippen LogP contribution >= 0.6 is 0 Å². The lowest BCUT2D eigenvalue weighted by Gasteiger charge is -2.20. The topological polar surface area (TPSA) is 104 Å². The van der Waals surface area contributed by atoms with Crippen LogP contribution < -0.4 is 11.1 Å².